The first kappa shape index (κ1) is 13.8. The maximum atomic E-state index is 9.03. The first-order valence-electron chi connectivity index (χ1n) is 6.10. The van der Waals surface area contributed by atoms with Crippen LogP contribution in [0.4, 0.5) is 0 Å². The second kappa shape index (κ2) is 6.04. The maximum absolute atomic E-state index is 9.03. The van der Waals surface area contributed by atoms with Gasteiger partial charge in [-0.05, 0) is 32.0 Å². The average molecular weight is 282 g/mol. The largest absolute Gasteiger partial charge is 0.492 e. The molecule has 2 aromatic rings. The molecule has 0 atom stereocenters. The van der Waals surface area contributed by atoms with E-state index in [0.29, 0.717) is 35.6 Å². The third kappa shape index (κ3) is 3.05. The summed E-state index contributed by atoms with van der Waals surface area (Å²) in [5, 5.41) is 13.8. The molecule has 0 bridgehead atoms. The molecular formula is C13H16ClN3O2. The zero-order chi connectivity index (χ0) is 13.8. The minimum Gasteiger partial charge on any atom is -0.492 e. The van der Waals surface area contributed by atoms with Crippen molar-refractivity contribution in [2.75, 3.05) is 13.2 Å². The highest BCUT2D eigenvalue weighted by Gasteiger charge is 2.11. The van der Waals surface area contributed by atoms with Crippen LogP contribution in [-0.4, -0.2) is 33.1 Å². The Morgan fingerprint density at radius 2 is 2.21 bits per heavy atom. The molecule has 0 spiro atoms. The van der Waals surface area contributed by atoms with Crippen molar-refractivity contribution < 1.29 is 9.84 Å². The highest BCUT2D eigenvalue weighted by atomic mass is 35.5. The van der Waals surface area contributed by atoms with Crippen molar-refractivity contribution in [3.8, 4) is 17.1 Å². The molecule has 19 heavy (non-hydrogen) atoms. The summed E-state index contributed by atoms with van der Waals surface area (Å²) in [7, 11) is 0. The van der Waals surface area contributed by atoms with Crippen LogP contribution in [0.5, 0.6) is 5.75 Å². The van der Waals surface area contributed by atoms with Gasteiger partial charge in [0.2, 0.25) is 0 Å². The third-order valence-electron chi connectivity index (χ3n) is 2.58. The van der Waals surface area contributed by atoms with E-state index in [1.54, 1.807) is 10.7 Å². The standard InChI is InChI=1S/C13H16ClN3O2/c1-3-19-12-5-4-10(8-11(12)14)13-15-9(2)16-17(13)6-7-18/h4-5,8,18H,3,6-7H2,1-2H3. The van der Waals surface area contributed by atoms with E-state index >= 15 is 0 Å². The van der Waals surface area contributed by atoms with Gasteiger partial charge in [0, 0.05) is 5.56 Å². The summed E-state index contributed by atoms with van der Waals surface area (Å²) >= 11 is 6.16. The molecule has 1 aromatic carbocycles. The van der Waals surface area contributed by atoms with Gasteiger partial charge in [0.05, 0.1) is 24.8 Å². The summed E-state index contributed by atoms with van der Waals surface area (Å²) in [5.74, 6) is 2.00. The molecule has 0 aliphatic carbocycles. The first-order valence-corrected chi connectivity index (χ1v) is 6.48. The van der Waals surface area contributed by atoms with Crippen molar-refractivity contribution in [3.05, 3.63) is 29.0 Å². The molecule has 0 saturated carbocycles. The van der Waals surface area contributed by atoms with E-state index in [2.05, 4.69) is 10.1 Å². The van der Waals surface area contributed by atoms with E-state index < -0.39 is 0 Å². The normalized spacial score (nSPS) is 10.7. The molecule has 0 aliphatic rings. The van der Waals surface area contributed by atoms with Gasteiger partial charge in [0.25, 0.3) is 0 Å². The molecule has 0 amide bonds. The number of ether oxygens (including phenoxy) is 1. The number of aromatic nitrogens is 3. The van der Waals surface area contributed by atoms with Crippen LogP contribution in [0.25, 0.3) is 11.4 Å². The fraction of sp³-hybridized carbons (Fsp3) is 0.385. The minimum absolute atomic E-state index is 0.0144. The quantitative estimate of drug-likeness (QED) is 0.913. The fourth-order valence-corrected chi connectivity index (χ4v) is 2.07. The van der Waals surface area contributed by atoms with Crippen LogP contribution < -0.4 is 4.74 Å². The molecule has 2 rings (SSSR count). The van der Waals surface area contributed by atoms with Crippen LogP contribution in [0, 0.1) is 6.92 Å². The van der Waals surface area contributed by atoms with E-state index in [4.69, 9.17) is 21.4 Å². The van der Waals surface area contributed by atoms with Gasteiger partial charge in [0.1, 0.15) is 11.6 Å². The number of halogens is 1. The smallest absolute Gasteiger partial charge is 0.158 e. The minimum atomic E-state index is 0.0144. The number of aryl methyl sites for hydroxylation is 1. The summed E-state index contributed by atoms with van der Waals surface area (Å²) in [6.07, 6.45) is 0. The SMILES string of the molecule is CCOc1ccc(-c2nc(C)nn2CCO)cc1Cl. The van der Waals surface area contributed by atoms with Crippen LogP contribution >= 0.6 is 11.6 Å². The topological polar surface area (TPSA) is 60.2 Å². The van der Waals surface area contributed by atoms with Crippen molar-refractivity contribution >= 4 is 11.6 Å². The van der Waals surface area contributed by atoms with Crippen molar-refractivity contribution in [3.63, 3.8) is 0 Å². The molecule has 0 unspecified atom stereocenters. The van der Waals surface area contributed by atoms with Crippen LogP contribution in [0.15, 0.2) is 18.2 Å². The second-order valence-corrected chi connectivity index (χ2v) is 4.41. The van der Waals surface area contributed by atoms with Gasteiger partial charge >= 0.3 is 0 Å². The Kier molecular flexibility index (Phi) is 4.39. The Labute approximate surface area is 116 Å². The highest BCUT2D eigenvalue weighted by molar-refractivity contribution is 6.32. The molecule has 5 nitrogen and oxygen atoms in total. The number of aliphatic hydroxyl groups is 1. The summed E-state index contributed by atoms with van der Waals surface area (Å²) in [4.78, 5) is 4.36. The zero-order valence-electron chi connectivity index (χ0n) is 10.9. The lowest BCUT2D eigenvalue weighted by Gasteiger charge is -2.08. The molecule has 1 N–H and O–H groups in total. The molecule has 1 aromatic heterocycles. The van der Waals surface area contributed by atoms with Gasteiger partial charge in [-0.15, -0.1) is 0 Å². The van der Waals surface area contributed by atoms with Gasteiger partial charge in [-0.3, -0.25) is 0 Å². The van der Waals surface area contributed by atoms with Crippen LogP contribution in [0.1, 0.15) is 12.7 Å². The molecule has 0 aliphatic heterocycles. The Morgan fingerprint density at radius 3 is 2.84 bits per heavy atom. The third-order valence-corrected chi connectivity index (χ3v) is 2.87. The lowest BCUT2D eigenvalue weighted by Crippen LogP contribution is -2.06. The Bertz CT molecular complexity index is 569. The Hall–Kier alpha value is -1.59. The van der Waals surface area contributed by atoms with Crippen LogP contribution in [0.3, 0.4) is 0 Å². The monoisotopic (exact) mass is 281 g/mol. The van der Waals surface area contributed by atoms with E-state index in [0.717, 1.165) is 5.56 Å². The zero-order valence-corrected chi connectivity index (χ0v) is 11.7. The van der Waals surface area contributed by atoms with Gasteiger partial charge in [-0.25, -0.2) is 9.67 Å². The number of rotatable bonds is 5. The predicted octanol–water partition coefficient (Wildman–Crippen LogP) is 2.30. The maximum Gasteiger partial charge on any atom is 0.158 e. The van der Waals surface area contributed by atoms with Crippen molar-refractivity contribution in [1.29, 1.82) is 0 Å². The first-order chi connectivity index (χ1) is 9.15. The molecule has 102 valence electrons. The lowest BCUT2D eigenvalue weighted by atomic mass is 10.2. The second-order valence-electron chi connectivity index (χ2n) is 4.01. The summed E-state index contributed by atoms with van der Waals surface area (Å²) in [6.45, 7) is 4.71. The van der Waals surface area contributed by atoms with E-state index in [9.17, 15) is 0 Å². The average Bonchev–Trinajstić information content (AvgIpc) is 2.74. The number of hydrogen-bond donors (Lipinski definition) is 1. The number of hydrogen-bond acceptors (Lipinski definition) is 4. The molecule has 0 saturated heterocycles. The van der Waals surface area contributed by atoms with Gasteiger partial charge in [0.15, 0.2) is 5.82 Å². The molecule has 0 radical (unpaired) electrons. The van der Waals surface area contributed by atoms with Crippen molar-refractivity contribution in [2.45, 2.75) is 20.4 Å². The van der Waals surface area contributed by atoms with E-state index in [-0.39, 0.29) is 6.61 Å². The summed E-state index contributed by atoms with van der Waals surface area (Å²) in [5.41, 5.74) is 0.850. The molecular weight excluding hydrogens is 266 g/mol. The predicted molar refractivity (Wildman–Crippen MR) is 73.5 cm³/mol. The highest BCUT2D eigenvalue weighted by Crippen LogP contribution is 2.29. The van der Waals surface area contributed by atoms with Gasteiger partial charge < -0.3 is 9.84 Å². The Morgan fingerprint density at radius 1 is 1.42 bits per heavy atom. The van der Waals surface area contributed by atoms with Crippen molar-refractivity contribution in [2.24, 2.45) is 0 Å². The van der Waals surface area contributed by atoms with Crippen LogP contribution in [0.2, 0.25) is 5.02 Å². The van der Waals surface area contributed by atoms with E-state index in [1.165, 1.54) is 0 Å². The summed E-state index contributed by atoms with van der Waals surface area (Å²) < 4.78 is 7.06. The van der Waals surface area contributed by atoms with E-state index in [1.807, 2.05) is 26.0 Å². The van der Waals surface area contributed by atoms with Crippen LogP contribution in [-0.2, 0) is 6.54 Å². The molecule has 1 heterocycles. The molecule has 0 fully saturated rings. The lowest BCUT2D eigenvalue weighted by molar-refractivity contribution is 0.270. The number of nitrogens with zero attached hydrogens (tertiary/aromatic N) is 3. The number of aliphatic hydroxyl groups excluding tert-OH is 1. The molecule has 6 heteroatoms. The fourth-order valence-electron chi connectivity index (χ4n) is 1.83. The number of benzene rings is 1. The Balaban J connectivity index is 2.38. The summed E-state index contributed by atoms with van der Waals surface area (Å²) in [6, 6.07) is 5.49. The van der Waals surface area contributed by atoms with Crippen molar-refractivity contribution in [1.82, 2.24) is 14.8 Å². The van der Waals surface area contributed by atoms with Gasteiger partial charge in [-0.2, -0.15) is 5.10 Å². The van der Waals surface area contributed by atoms with Gasteiger partial charge in [-0.1, -0.05) is 11.6 Å².